The minimum Gasteiger partial charge on any atom is -0.368 e. The molecule has 1 saturated heterocycles. The van der Waals surface area contributed by atoms with Crippen LogP contribution in [0.1, 0.15) is 66.1 Å². The number of anilines is 1. The molecule has 3 aliphatic rings. The van der Waals surface area contributed by atoms with Gasteiger partial charge in [0.1, 0.15) is 11.2 Å². The predicted octanol–water partition coefficient (Wildman–Crippen LogP) is 3.10. The molecule has 1 atom stereocenters. The number of benzene rings is 1. The van der Waals surface area contributed by atoms with Gasteiger partial charge in [-0.25, -0.2) is 0 Å². The highest BCUT2D eigenvalue weighted by Gasteiger charge is 2.48. The maximum atomic E-state index is 13.4. The van der Waals surface area contributed by atoms with Crippen molar-refractivity contribution in [2.75, 3.05) is 37.6 Å². The summed E-state index contributed by atoms with van der Waals surface area (Å²) in [5.74, 6) is -0.626. The molecule has 1 aliphatic carbocycles. The third-order valence-electron chi connectivity index (χ3n) is 8.09. The van der Waals surface area contributed by atoms with Crippen molar-refractivity contribution in [1.29, 1.82) is 0 Å². The van der Waals surface area contributed by atoms with Crippen LogP contribution in [0.15, 0.2) is 24.3 Å². The summed E-state index contributed by atoms with van der Waals surface area (Å²) in [6, 6.07) is 7.58. The van der Waals surface area contributed by atoms with Gasteiger partial charge in [-0.15, -0.1) is 0 Å². The minimum atomic E-state index is -1.06. The standard InChI is InChI=1S/C27H35ClN6O3/c1-4-33-25(36)23-16-21(30-34(23)17-27(33,3)26(37)29-20-7-5-6-8-20)24(35)32-13-11-31(12-14-32)22-15-19(28)10-9-18(22)2/h9-10,15-16,20H,4-8,11-14,17H2,1-3H3,(H,29,37). The lowest BCUT2D eigenvalue weighted by molar-refractivity contribution is -0.133. The number of hydrogen-bond donors (Lipinski definition) is 1. The van der Waals surface area contributed by atoms with Crippen LogP contribution >= 0.6 is 11.6 Å². The van der Waals surface area contributed by atoms with Gasteiger partial charge in [0.15, 0.2) is 5.69 Å². The van der Waals surface area contributed by atoms with Crippen molar-refractivity contribution in [2.24, 2.45) is 0 Å². The zero-order chi connectivity index (χ0) is 26.3. The zero-order valence-electron chi connectivity index (χ0n) is 21.8. The van der Waals surface area contributed by atoms with E-state index in [9.17, 15) is 14.4 Å². The molecular weight excluding hydrogens is 492 g/mol. The van der Waals surface area contributed by atoms with E-state index in [2.05, 4.69) is 22.2 Å². The summed E-state index contributed by atoms with van der Waals surface area (Å²) in [6.45, 7) is 8.79. The highest BCUT2D eigenvalue weighted by atomic mass is 35.5. The first-order valence-corrected chi connectivity index (χ1v) is 13.6. The molecule has 1 N–H and O–H groups in total. The van der Waals surface area contributed by atoms with Gasteiger partial charge in [-0.1, -0.05) is 30.5 Å². The number of carbonyl (C=O) groups excluding carboxylic acids is 3. The number of amides is 3. The molecule has 1 saturated carbocycles. The van der Waals surface area contributed by atoms with Crippen LogP contribution in [0.2, 0.25) is 5.02 Å². The largest absolute Gasteiger partial charge is 0.368 e. The van der Waals surface area contributed by atoms with Crippen LogP contribution in [0.25, 0.3) is 0 Å². The number of halogens is 1. The van der Waals surface area contributed by atoms with Crippen LogP contribution < -0.4 is 10.2 Å². The fraction of sp³-hybridized carbons (Fsp3) is 0.556. The third-order valence-corrected chi connectivity index (χ3v) is 8.33. The van der Waals surface area contributed by atoms with E-state index in [4.69, 9.17) is 11.6 Å². The highest BCUT2D eigenvalue weighted by Crippen LogP contribution is 2.29. The van der Waals surface area contributed by atoms with E-state index in [0.717, 1.165) is 36.9 Å². The Morgan fingerprint density at radius 1 is 1.14 bits per heavy atom. The van der Waals surface area contributed by atoms with E-state index >= 15 is 0 Å². The molecule has 1 aromatic heterocycles. The van der Waals surface area contributed by atoms with Crippen molar-refractivity contribution in [3.05, 3.63) is 46.2 Å². The molecule has 2 aromatic rings. The molecular formula is C27H35ClN6O3. The highest BCUT2D eigenvalue weighted by molar-refractivity contribution is 6.30. The van der Waals surface area contributed by atoms with Gasteiger partial charge < -0.3 is 20.0 Å². The van der Waals surface area contributed by atoms with E-state index in [-0.39, 0.29) is 36.0 Å². The number of hydrogen-bond acceptors (Lipinski definition) is 5. The smallest absolute Gasteiger partial charge is 0.274 e. The first kappa shape index (κ1) is 25.6. The van der Waals surface area contributed by atoms with Gasteiger partial charge in [0.2, 0.25) is 5.91 Å². The Morgan fingerprint density at radius 2 is 1.84 bits per heavy atom. The number of carbonyl (C=O) groups is 3. The molecule has 3 heterocycles. The van der Waals surface area contributed by atoms with Gasteiger partial charge in [0.25, 0.3) is 11.8 Å². The van der Waals surface area contributed by atoms with Crippen LogP contribution in [0, 0.1) is 6.92 Å². The van der Waals surface area contributed by atoms with Crippen molar-refractivity contribution in [3.63, 3.8) is 0 Å². The summed E-state index contributed by atoms with van der Waals surface area (Å²) in [4.78, 5) is 45.8. The molecule has 9 nitrogen and oxygen atoms in total. The molecule has 1 unspecified atom stereocenters. The molecule has 198 valence electrons. The minimum absolute atomic E-state index is 0.156. The Kier molecular flexibility index (Phi) is 6.91. The number of aromatic nitrogens is 2. The lowest BCUT2D eigenvalue weighted by Crippen LogP contribution is -2.64. The van der Waals surface area contributed by atoms with Crippen LogP contribution in [0.3, 0.4) is 0 Å². The number of piperazine rings is 1. The van der Waals surface area contributed by atoms with Gasteiger partial charge in [-0.2, -0.15) is 5.10 Å². The number of nitrogens with one attached hydrogen (secondary N) is 1. The van der Waals surface area contributed by atoms with Gasteiger partial charge >= 0.3 is 0 Å². The Hall–Kier alpha value is -3.07. The SMILES string of the molecule is CCN1C(=O)c2cc(C(=O)N3CCN(c4cc(Cl)ccc4C)CC3)nn2CC1(C)C(=O)NC1CCCC1. The number of rotatable bonds is 5. The van der Waals surface area contributed by atoms with Crippen molar-refractivity contribution in [2.45, 2.75) is 64.6 Å². The molecule has 0 bridgehead atoms. The van der Waals surface area contributed by atoms with Crippen molar-refractivity contribution in [3.8, 4) is 0 Å². The van der Waals surface area contributed by atoms with Crippen molar-refractivity contribution < 1.29 is 14.4 Å². The molecule has 1 aromatic carbocycles. The van der Waals surface area contributed by atoms with Gasteiger partial charge in [-0.05, 0) is 51.3 Å². The second-order valence-electron chi connectivity index (χ2n) is 10.6. The molecule has 3 amide bonds. The molecule has 0 radical (unpaired) electrons. The van der Waals surface area contributed by atoms with Crippen LogP contribution in [0.4, 0.5) is 5.69 Å². The van der Waals surface area contributed by atoms with E-state index < -0.39 is 5.54 Å². The second-order valence-corrected chi connectivity index (χ2v) is 11.0. The van der Waals surface area contributed by atoms with Gasteiger partial charge in [0, 0.05) is 55.5 Å². The molecule has 37 heavy (non-hydrogen) atoms. The third kappa shape index (κ3) is 4.69. The Bertz CT molecular complexity index is 1210. The van der Waals surface area contributed by atoms with Crippen molar-refractivity contribution in [1.82, 2.24) is 24.9 Å². The van der Waals surface area contributed by atoms with Gasteiger partial charge in [-0.3, -0.25) is 19.1 Å². The van der Waals surface area contributed by atoms with Crippen LogP contribution in [-0.2, 0) is 11.3 Å². The van der Waals surface area contributed by atoms with Crippen LogP contribution in [-0.4, -0.2) is 81.6 Å². The maximum Gasteiger partial charge on any atom is 0.274 e. The Morgan fingerprint density at radius 3 is 2.51 bits per heavy atom. The number of fused-ring (bicyclic) bond motifs is 1. The lowest BCUT2D eigenvalue weighted by atomic mass is 9.94. The monoisotopic (exact) mass is 526 g/mol. The first-order valence-electron chi connectivity index (χ1n) is 13.2. The van der Waals surface area contributed by atoms with E-state index in [1.54, 1.807) is 27.5 Å². The number of nitrogens with zero attached hydrogens (tertiary/aromatic N) is 5. The predicted molar refractivity (Wildman–Crippen MR) is 142 cm³/mol. The van der Waals surface area contributed by atoms with E-state index in [1.165, 1.54) is 0 Å². The second kappa shape index (κ2) is 10.0. The summed E-state index contributed by atoms with van der Waals surface area (Å²) < 4.78 is 1.54. The maximum absolute atomic E-state index is 13.4. The lowest BCUT2D eigenvalue weighted by Gasteiger charge is -2.43. The molecule has 10 heteroatoms. The summed E-state index contributed by atoms with van der Waals surface area (Å²) in [6.07, 6.45) is 4.16. The summed E-state index contributed by atoms with van der Waals surface area (Å²) in [5, 5.41) is 8.37. The summed E-state index contributed by atoms with van der Waals surface area (Å²) in [5.41, 5.74) is 1.76. The van der Waals surface area contributed by atoms with E-state index in [0.29, 0.717) is 43.4 Å². The van der Waals surface area contributed by atoms with Crippen molar-refractivity contribution >= 4 is 35.0 Å². The number of likely N-dealkylation sites (N-methyl/N-ethyl adjacent to an activating group) is 1. The Labute approximate surface area is 222 Å². The molecule has 5 rings (SSSR count). The first-order chi connectivity index (χ1) is 17.7. The number of aryl methyl sites for hydroxylation is 1. The van der Waals surface area contributed by atoms with E-state index in [1.807, 2.05) is 25.1 Å². The topological polar surface area (TPSA) is 90.8 Å². The Balaban J connectivity index is 1.31. The molecule has 2 fully saturated rings. The summed E-state index contributed by atoms with van der Waals surface area (Å²) >= 11 is 6.20. The average molecular weight is 527 g/mol. The van der Waals surface area contributed by atoms with Gasteiger partial charge in [0.05, 0.1) is 6.54 Å². The summed E-state index contributed by atoms with van der Waals surface area (Å²) in [7, 11) is 0. The molecule has 0 spiro atoms. The quantitative estimate of drug-likeness (QED) is 0.646. The molecule has 2 aliphatic heterocycles. The normalized spacial score (nSPS) is 22.4. The zero-order valence-corrected chi connectivity index (χ0v) is 22.6. The fourth-order valence-corrected chi connectivity index (χ4v) is 6.05. The average Bonchev–Trinajstić information content (AvgIpc) is 3.55. The fourth-order valence-electron chi connectivity index (χ4n) is 5.89. The van der Waals surface area contributed by atoms with Crippen LogP contribution in [0.5, 0.6) is 0 Å².